The van der Waals surface area contributed by atoms with Gasteiger partial charge in [0.1, 0.15) is 5.75 Å². The number of carbonyl (C=O) groups excluding carboxylic acids is 1. The molecule has 0 aliphatic rings. The number of halogens is 1. The van der Waals surface area contributed by atoms with Crippen molar-refractivity contribution < 1.29 is 9.53 Å². The van der Waals surface area contributed by atoms with Gasteiger partial charge in [-0.3, -0.25) is 4.79 Å². The lowest BCUT2D eigenvalue weighted by molar-refractivity contribution is 0.0935. The van der Waals surface area contributed by atoms with Crippen LogP contribution in [0.3, 0.4) is 0 Å². The number of amides is 1. The lowest BCUT2D eigenvalue weighted by Gasteiger charge is -2.19. The van der Waals surface area contributed by atoms with E-state index in [9.17, 15) is 4.79 Å². The van der Waals surface area contributed by atoms with E-state index in [1.807, 2.05) is 67.6 Å². The predicted octanol–water partition coefficient (Wildman–Crippen LogP) is 6.83. The van der Waals surface area contributed by atoms with Crippen LogP contribution in [0.15, 0.2) is 71.6 Å². The number of hydrogen-bond acceptors (Lipinski definition) is 3. The van der Waals surface area contributed by atoms with Crippen molar-refractivity contribution in [2.45, 2.75) is 37.0 Å². The molecule has 0 spiro atoms. The summed E-state index contributed by atoms with van der Waals surface area (Å²) in [5.41, 5.74) is 3.98. The Balaban J connectivity index is 1.61. The fourth-order valence-corrected chi connectivity index (χ4v) is 4.21. The summed E-state index contributed by atoms with van der Waals surface area (Å²) < 4.78 is 5.33. The topological polar surface area (TPSA) is 38.3 Å². The second kappa shape index (κ2) is 10.6. The van der Waals surface area contributed by atoms with Crippen LogP contribution in [0.25, 0.3) is 0 Å². The zero-order valence-electron chi connectivity index (χ0n) is 17.4. The van der Waals surface area contributed by atoms with Crippen molar-refractivity contribution in [2.75, 3.05) is 7.11 Å². The molecule has 0 heterocycles. The largest absolute Gasteiger partial charge is 0.496 e. The Morgan fingerprint density at radius 2 is 1.77 bits per heavy atom. The fourth-order valence-electron chi connectivity index (χ4n) is 3.23. The van der Waals surface area contributed by atoms with E-state index in [-0.39, 0.29) is 11.9 Å². The molecule has 1 atom stereocenters. The monoisotopic (exact) mass is 439 g/mol. The Labute approximate surface area is 187 Å². The molecule has 0 fully saturated rings. The van der Waals surface area contributed by atoms with E-state index < -0.39 is 0 Å². The van der Waals surface area contributed by atoms with E-state index in [2.05, 4.69) is 18.3 Å². The molecule has 0 aliphatic carbocycles. The molecule has 3 aromatic carbocycles. The minimum Gasteiger partial charge on any atom is -0.496 e. The Hall–Kier alpha value is -2.43. The number of carbonyl (C=O) groups is 1. The van der Waals surface area contributed by atoms with Crippen LogP contribution in [0, 0.1) is 6.92 Å². The van der Waals surface area contributed by atoms with Gasteiger partial charge in [-0.2, -0.15) is 0 Å². The Bertz CT molecular complexity index is 987. The molecule has 156 valence electrons. The molecule has 0 aromatic heterocycles. The van der Waals surface area contributed by atoms with Crippen LogP contribution in [0.4, 0.5) is 0 Å². The number of ether oxygens (including phenoxy) is 1. The first-order chi connectivity index (χ1) is 14.5. The van der Waals surface area contributed by atoms with Gasteiger partial charge in [-0.15, -0.1) is 11.8 Å². The number of benzene rings is 3. The maximum absolute atomic E-state index is 12.8. The van der Waals surface area contributed by atoms with Crippen molar-refractivity contribution in [3.8, 4) is 5.75 Å². The standard InChI is InChI=1S/C25H26ClNO2S/c1-4-23(20-9-14-24(29-3)17(2)15-20)27-25(28)19-7-5-18(6-8-19)16-30-22-12-10-21(26)11-13-22/h5-15,23H,4,16H2,1-3H3,(H,27,28)/t23-/m1/s1. The third-order valence-corrected chi connectivity index (χ3v) is 6.31. The molecule has 0 bridgehead atoms. The van der Waals surface area contributed by atoms with Crippen LogP contribution in [-0.2, 0) is 5.75 Å². The molecule has 0 unspecified atom stereocenters. The number of aryl methyl sites for hydroxylation is 1. The highest BCUT2D eigenvalue weighted by Crippen LogP contribution is 2.26. The second-order valence-electron chi connectivity index (χ2n) is 7.10. The second-order valence-corrected chi connectivity index (χ2v) is 8.59. The van der Waals surface area contributed by atoms with Crippen molar-refractivity contribution in [2.24, 2.45) is 0 Å². The average molecular weight is 440 g/mol. The summed E-state index contributed by atoms with van der Waals surface area (Å²) >= 11 is 7.67. The third kappa shape index (κ3) is 5.80. The molecular weight excluding hydrogens is 414 g/mol. The molecule has 3 rings (SSSR count). The first-order valence-electron chi connectivity index (χ1n) is 9.93. The van der Waals surface area contributed by atoms with Crippen molar-refractivity contribution >= 4 is 29.3 Å². The summed E-state index contributed by atoms with van der Waals surface area (Å²) in [4.78, 5) is 13.9. The van der Waals surface area contributed by atoms with Crippen molar-refractivity contribution in [1.82, 2.24) is 5.32 Å². The Morgan fingerprint density at radius 1 is 1.07 bits per heavy atom. The van der Waals surface area contributed by atoms with Gasteiger partial charge in [-0.05, 0) is 72.5 Å². The van der Waals surface area contributed by atoms with Gasteiger partial charge in [-0.1, -0.05) is 42.8 Å². The SMILES string of the molecule is CC[C@@H](NC(=O)c1ccc(CSc2ccc(Cl)cc2)cc1)c1ccc(OC)c(C)c1. The molecule has 3 aromatic rings. The van der Waals surface area contributed by atoms with Crippen LogP contribution in [0.2, 0.25) is 5.02 Å². The molecule has 0 aliphatic heterocycles. The lowest BCUT2D eigenvalue weighted by Crippen LogP contribution is -2.28. The maximum atomic E-state index is 12.8. The van der Waals surface area contributed by atoms with Crippen LogP contribution >= 0.6 is 23.4 Å². The van der Waals surface area contributed by atoms with Crippen molar-refractivity contribution in [3.05, 3.63) is 94.0 Å². The number of thioether (sulfide) groups is 1. The van der Waals surface area contributed by atoms with Gasteiger partial charge in [0.2, 0.25) is 0 Å². The van der Waals surface area contributed by atoms with E-state index in [1.165, 1.54) is 10.5 Å². The fraction of sp³-hybridized carbons (Fsp3) is 0.240. The van der Waals surface area contributed by atoms with Crippen molar-refractivity contribution in [3.63, 3.8) is 0 Å². The zero-order valence-corrected chi connectivity index (χ0v) is 19.0. The van der Waals surface area contributed by atoms with E-state index in [0.717, 1.165) is 34.1 Å². The molecule has 0 radical (unpaired) electrons. The van der Waals surface area contributed by atoms with Gasteiger partial charge in [-0.25, -0.2) is 0 Å². The maximum Gasteiger partial charge on any atom is 0.251 e. The summed E-state index contributed by atoms with van der Waals surface area (Å²) in [6, 6.07) is 21.6. The first-order valence-corrected chi connectivity index (χ1v) is 11.3. The number of rotatable bonds is 8. The summed E-state index contributed by atoms with van der Waals surface area (Å²) in [6.45, 7) is 4.08. The van der Waals surface area contributed by atoms with Gasteiger partial charge in [0.05, 0.1) is 13.2 Å². The summed E-state index contributed by atoms with van der Waals surface area (Å²) in [6.07, 6.45) is 0.813. The van der Waals surface area contributed by atoms with E-state index in [0.29, 0.717) is 5.56 Å². The van der Waals surface area contributed by atoms with E-state index in [4.69, 9.17) is 16.3 Å². The van der Waals surface area contributed by atoms with E-state index in [1.54, 1.807) is 18.9 Å². The molecule has 3 nitrogen and oxygen atoms in total. The average Bonchev–Trinajstić information content (AvgIpc) is 2.77. The highest BCUT2D eigenvalue weighted by atomic mass is 35.5. The van der Waals surface area contributed by atoms with Crippen LogP contribution < -0.4 is 10.1 Å². The molecule has 30 heavy (non-hydrogen) atoms. The van der Waals surface area contributed by atoms with Gasteiger partial charge in [0, 0.05) is 21.2 Å². The summed E-state index contributed by atoms with van der Waals surface area (Å²) in [5.74, 6) is 1.63. The lowest BCUT2D eigenvalue weighted by atomic mass is 10.0. The normalized spacial score (nSPS) is 11.7. The minimum atomic E-state index is -0.0628. The number of methoxy groups -OCH3 is 1. The minimum absolute atomic E-state index is 0.0396. The quantitative estimate of drug-likeness (QED) is 0.391. The van der Waals surface area contributed by atoms with Crippen molar-refractivity contribution in [1.29, 1.82) is 0 Å². The van der Waals surface area contributed by atoms with Gasteiger partial charge in [0.15, 0.2) is 0 Å². The first kappa shape index (κ1) is 22.3. The molecule has 0 saturated carbocycles. The number of nitrogens with one attached hydrogen (secondary N) is 1. The Morgan fingerprint density at radius 3 is 2.37 bits per heavy atom. The molecular formula is C25H26ClNO2S. The van der Waals surface area contributed by atoms with Gasteiger partial charge >= 0.3 is 0 Å². The van der Waals surface area contributed by atoms with Crippen LogP contribution in [-0.4, -0.2) is 13.0 Å². The molecule has 1 N–H and O–H groups in total. The highest BCUT2D eigenvalue weighted by molar-refractivity contribution is 7.98. The number of hydrogen-bond donors (Lipinski definition) is 1. The molecule has 1 amide bonds. The van der Waals surface area contributed by atoms with Gasteiger partial charge in [0.25, 0.3) is 5.91 Å². The molecule has 0 saturated heterocycles. The van der Waals surface area contributed by atoms with Crippen LogP contribution in [0.1, 0.15) is 46.4 Å². The molecule has 5 heteroatoms. The zero-order chi connectivity index (χ0) is 21.5. The third-order valence-electron chi connectivity index (χ3n) is 4.97. The summed E-state index contributed by atoms with van der Waals surface area (Å²) in [7, 11) is 1.67. The van der Waals surface area contributed by atoms with Crippen LogP contribution in [0.5, 0.6) is 5.75 Å². The van der Waals surface area contributed by atoms with E-state index >= 15 is 0 Å². The van der Waals surface area contributed by atoms with Gasteiger partial charge < -0.3 is 10.1 Å². The smallest absolute Gasteiger partial charge is 0.251 e. The summed E-state index contributed by atoms with van der Waals surface area (Å²) in [5, 5.41) is 3.89. The Kier molecular flexibility index (Phi) is 7.83. The highest BCUT2D eigenvalue weighted by Gasteiger charge is 2.15. The predicted molar refractivity (Wildman–Crippen MR) is 126 cm³/mol.